The molecule has 5 nitrogen and oxygen atoms in total. The molecule has 22 heavy (non-hydrogen) atoms. The predicted octanol–water partition coefficient (Wildman–Crippen LogP) is 2.13. The summed E-state index contributed by atoms with van der Waals surface area (Å²) in [7, 11) is 1.60. The molecule has 0 fully saturated rings. The van der Waals surface area contributed by atoms with E-state index in [9.17, 15) is 10.0 Å². The predicted molar refractivity (Wildman–Crippen MR) is 85.6 cm³/mol. The number of pyridine rings is 1. The molecular weight excluding hydrogens is 300 g/mol. The Hall–Kier alpha value is -2.21. The number of ether oxygens (including phenoxy) is 1. The first-order valence-corrected chi connectivity index (χ1v) is 7.74. The normalized spacial score (nSPS) is 11.7. The monoisotopic (exact) mass is 318 g/mol. The van der Waals surface area contributed by atoms with Gasteiger partial charge in [-0.1, -0.05) is 18.2 Å². The van der Waals surface area contributed by atoms with E-state index in [1.54, 1.807) is 32.2 Å². The minimum Gasteiger partial charge on any atom is -0.618 e. The van der Waals surface area contributed by atoms with E-state index in [-0.39, 0.29) is 11.2 Å². The van der Waals surface area contributed by atoms with Crippen molar-refractivity contribution < 1.29 is 14.3 Å². The molecule has 1 aromatic heterocycles. The number of benzene rings is 1. The third-order valence-corrected chi connectivity index (χ3v) is 4.23. The van der Waals surface area contributed by atoms with Crippen LogP contribution in [0.5, 0.6) is 5.75 Å². The lowest BCUT2D eigenvalue weighted by atomic mass is 10.2. The zero-order valence-corrected chi connectivity index (χ0v) is 13.3. The molecule has 1 aromatic carbocycles. The maximum Gasteiger partial charge on any atom is 0.252 e. The molecule has 0 saturated carbocycles. The quantitative estimate of drug-likeness (QED) is 0.503. The molecule has 0 spiro atoms. The number of nitrogens with zero attached hydrogens (tertiary/aromatic N) is 1. The molecule has 1 atom stereocenters. The van der Waals surface area contributed by atoms with E-state index >= 15 is 0 Å². The minimum atomic E-state index is -0.364. The van der Waals surface area contributed by atoms with E-state index in [1.165, 1.54) is 18.0 Å². The van der Waals surface area contributed by atoms with Gasteiger partial charge in [0, 0.05) is 24.2 Å². The standard InChI is InChI=1S/C16H18N2O3S/c1-12(22-15-9-5-6-10-18(15)20)16(19)17-11-13-7-3-4-8-14(13)21-2/h3-10,12H,11H2,1-2H3,(H,17,19). The SMILES string of the molecule is COc1ccccc1CNC(=O)C(C)Sc1cccc[n+]1[O-]. The number of aromatic nitrogens is 1. The number of carbonyl (C=O) groups is 1. The van der Waals surface area contributed by atoms with Crippen LogP contribution in [0.1, 0.15) is 12.5 Å². The van der Waals surface area contributed by atoms with Gasteiger partial charge in [0.25, 0.3) is 5.03 Å². The first kappa shape index (κ1) is 16.2. The first-order valence-electron chi connectivity index (χ1n) is 6.86. The topological polar surface area (TPSA) is 65.3 Å². The van der Waals surface area contributed by atoms with E-state index in [0.717, 1.165) is 16.0 Å². The highest BCUT2D eigenvalue weighted by atomic mass is 32.2. The lowest BCUT2D eigenvalue weighted by molar-refractivity contribution is -0.645. The van der Waals surface area contributed by atoms with Gasteiger partial charge in [0.1, 0.15) is 5.75 Å². The number of rotatable bonds is 6. The van der Waals surface area contributed by atoms with Crippen molar-refractivity contribution >= 4 is 17.7 Å². The highest BCUT2D eigenvalue weighted by molar-refractivity contribution is 8.00. The summed E-state index contributed by atoms with van der Waals surface area (Å²) >= 11 is 1.23. The lowest BCUT2D eigenvalue weighted by Crippen LogP contribution is -2.33. The summed E-state index contributed by atoms with van der Waals surface area (Å²) in [6, 6.07) is 12.7. The van der Waals surface area contributed by atoms with Crippen molar-refractivity contribution in [3.63, 3.8) is 0 Å². The molecule has 2 rings (SSSR count). The molecule has 116 valence electrons. The van der Waals surface area contributed by atoms with Crippen LogP contribution in [-0.2, 0) is 11.3 Å². The Balaban J connectivity index is 1.93. The van der Waals surface area contributed by atoms with Crippen molar-refractivity contribution in [1.29, 1.82) is 0 Å². The van der Waals surface area contributed by atoms with Crippen LogP contribution >= 0.6 is 11.8 Å². The number of methoxy groups -OCH3 is 1. The fraction of sp³-hybridized carbons (Fsp3) is 0.250. The summed E-state index contributed by atoms with van der Waals surface area (Å²) in [6.45, 7) is 2.16. The number of thioether (sulfide) groups is 1. The Morgan fingerprint density at radius 3 is 2.77 bits per heavy atom. The van der Waals surface area contributed by atoms with E-state index < -0.39 is 0 Å². The van der Waals surface area contributed by atoms with Crippen molar-refractivity contribution in [3.8, 4) is 5.75 Å². The molecule has 1 amide bonds. The molecular formula is C16H18N2O3S. The summed E-state index contributed by atoms with van der Waals surface area (Å²) in [5.41, 5.74) is 0.911. The molecule has 2 aromatic rings. The molecule has 0 aliphatic rings. The van der Waals surface area contributed by atoms with Crippen LogP contribution in [0.4, 0.5) is 0 Å². The van der Waals surface area contributed by atoms with Gasteiger partial charge in [-0.3, -0.25) is 4.79 Å². The van der Waals surface area contributed by atoms with Crippen LogP contribution in [0, 0.1) is 5.21 Å². The number of para-hydroxylation sites is 1. The number of hydrogen-bond donors (Lipinski definition) is 1. The number of carbonyl (C=O) groups excluding carboxylic acids is 1. The van der Waals surface area contributed by atoms with Gasteiger partial charge in [-0.15, -0.1) is 0 Å². The van der Waals surface area contributed by atoms with Gasteiger partial charge in [0.15, 0.2) is 6.20 Å². The summed E-state index contributed by atoms with van der Waals surface area (Å²) < 4.78 is 6.01. The van der Waals surface area contributed by atoms with Crippen LogP contribution in [0.3, 0.4) is 0 Å². The second-order valence-electron chi connectivity index (χ2n) is 4.65. The van der Waals surface area contributed by atoms with Crippen LogP contribution in [0.2, 0.25) is 0 Å². The van der Waals surface area contributed by atoms with Crippen molar-refractivity contribution in [2.45, 2.75) is 23.7 Å². The van der Waals surface area contributed by atoms with Gasteiger partial charge in [-0.05, 0) is 30.8 Å². The summed E-state index contributed by atoms with van der Waals surface area (Å²) in [4.78, 5) is 12.1. The Morgan fingerprint density at radius 1 is 1.32 bits per heavy atom. The molecule has 1 heterocycles. The fourth-order valence-electron chi connectivity index (χ4n) is 1.91. The molecule has 0 bridgehead atoms. The number of nitrogens with one attached hydrogen (secondary N) is 1. The first-order chi connectivity index (χ1) is 10.6. The van der Waals surface area contributed by atoms with Crippen LogP contribution < -0.4 is 14.8 Å². The van der Waals surface area contributed by atoms with Crippen molar-refractivity contribution in [2.75, 3.05) is 7.11 Å². The number of amides is 1. The van der Waals surface area contributed by atoms with E-state index in [1.807, 2.05) is 24.3 Å². The third kappa shape index (κ3) is 4.14. The van der Waals surface area contributed by atoms with Gasteiger partial charge >= 0.3 is 0 Å². The van der Waals surface area contributed by atoms with Gasteiger partial charge in [-0.25, -0.2) is 0 Å². The maximum atomic E-state index is 12.1. The van der Waals surface area contributed by atoms with E-state index in [2.05, 4.69) is 5.32 Å². The summed E-state index contributed by atoms with van der Waals surface area (Å²) in [5.74, 6) is 0.614. The molecule has 0 saturated heterocycles. The average Bonchev–Trinajstić information content (AvgIpc) is 2.54. The average molecular weight is 318 g/mol. The third-order valence-electron chi connectivity index (χ3n) is 3.10. The highest BCUT2D eigenvalue weighted by Crippen LogP contribution is 2.20. The van der Waals surface area contributed by atoms with E-state index in [4.69, 9.17) is 4.74 Å². The molecule has 1 N–H and O–H groups in total. The molecule has 6 heteroatoms. The maximum absolute atomic E-state index is 12.1. The van der Waals surface area contributed by atoms with Crippen molar-refractivity contribution in [1.82, 2.24) is 5.32 Å². The largest absolute Gasteiger partial charge is 0.618 e. The Labute approximate surface area is 133 Å². The van der Waals surface area contributed by atoms with Crippen LogP contribution in [0.15, 0.2) is 53.7 Å². The molecule has 0 radical (unpaired) electrons. The fourth-order valence-corrected chi connectivity index (χ4v) is 2.79. The minimum absolute atomic E-state index is 0.125. The molecule has 0 aliphatic heterocycles. The van der Waals surface area contributed by atoms with Crippen molar-refractivity contribution in [3.05, 3.63) is 59.4 Å². The van der Waals surface area contributed by atoms with Gasteiger partial charge in [0.05, 0.1) is 12.4 Å². The Bertz CT molecular complexity index is 649. The number of hydrogen-bond acceptors (Lipinski definition) is 4. The van der Waals surface area contributed by atoms with Crippen LogP contribution in [0.25, 0.3) is 0 Å². The zero-order chi connectivity index (χ0) is 15.9. The second-order valence-corrected chi connectivity index (χ2v) is 6.02. The van der Waals surface area contributed by atoms with E-state index in [0.29, 0.717) is 11.6 Å². The van der Waals surface area contributed by atoms with Gasteiger partial charge in [-0.2, -0.15) is 4.73 Å². The smallest absolute Gasteiger partial charge is 0.252 e. The van der Waals surface area contributed by atoms with Crippen molar-refractivity contribution in [2.24, 2.45) is 0 Å². The summed E-state index contributed by atoms with van der Waals surface area (Å²) in [5, 5.41) is 14.6. The van der Waals surface area contributed by atoms with Gasteiger partial charge < -0.3 is 15.3 Å². The highest BCUT2D eigenvalue weighted by Gasteiger charge is 2.18. The zero-order valence-electron chi connectivity index (χ0n) is 12.5. The lowest BCUT2D eigenvalue weighted by Gasteiger charge is -2.13. The Morgan fingerprint density at radius 2 is 2.05 bits per heavy atom. The summed E-state index contributed by atoms with van der Waals surface area (Å²) in [6.07, 6.45) is 1.42. The molecule has 0 aliphatic carbocycles. The second kappa shape index (κ2) is 7.70. The van der Waals surface area contributed by atoms with Crippen LogP contribution in [-0.4, -0.2) is 18.3 Å². The molecule has 1 unspecified atom stereocenters. The van der Waals surface area contributed by atoms with Gasteiger partial charge in [0.2, 0.25) is 5.91 Å². The Kier molecular flexibility index (Phi) is 5.66.